The van der Waals surface area contributed by atoms with Gasteiger partial charge in [-0.3, -0.25) is 4.79 Å². The van der Waals surface area contributed by atoms with Crippen molar-refractivity contribution in [3.63, 3.8) is 0 Å². The Morgan fingerprint density at radius 1 is 1.21 bits per heavy atom. The summed E-state index contributed by atoms with van der Waals surface area (Å²) in [7, 11) is 0. The van der Waals surface area contributed by atoms with Crippen molar-refractivity contribution in [2.45, 2.75) is 51.4 Å². The van der Waals surface area contributed by atoms with Crippen LogP contribution in [0.4, 0.5) is 4.79 Å². The van der Waals surface area contributed by atoms with Crippen molar-refractivity contribution in [2.75, 3.05) is 13.1 Å². The first-order valence-corrected chi connectivity index (χ1v) is 6.61. The van der Waals surface area contributed by atoms with Gasteiger partial charge in [0.25, 0.3) is 0 Å². The highest BCUT2D eigenvalue weighted by Crippen LogP contribution is 2.30. The second kappa shape index (κ2) is 5.00. The van der Waals surface area contributed by atoms with Crippen molar-refractivity contribution in [1.29, 1.82) is 0 Å². The van der Waals surface area contributed by atoms with Gasteiger partial charge in [-0.2, -0.15) is 0 Å². The van der Waals surface area contributed by atoms with Crippen LogP contribution in [0, 0.1) is 5.92 Å². The zero-order valence-corrected chi connectivity index (χ0v) is 11.6. The number of ether oxygens (including phenoxy) is 2. The highest BCUT2D eigenvalue weighted by molar-refractivity contribution is 5.71. The van der Waals surface area contributed by atoms with E-state index >= 15 is 0 Å². The first-order valence-electron chi connectivity index (χ1n) is 6.61. The normalized spacial score (nSPS) is 30.9. The van der Waals surface area contributed by atoms with Gasteiger partial charge in [-0.15, -0.1) is 0 Å². The van der Waals surface area contributed by atoms with E-state index in [1.165, 1.54) is 0 Å². The third-order valence-corrected chi connectivity index (χ3v) is 3.33. The van der Waals surface area contributed by atoms with Gasteiger partial charge in [0.2, 0.25) is 0 Å². The van der Waals surface area contributed by atoms with Crippen LogP contribution in [0.5, 0.6) is 0 Å². The third-order valence-electron chi connectivity index (χ3n) is 3.33. The van der Waals surface area contributed by atoms with E-state index in [4.69, 9.17) is 14.6 Å². The van der Waals surface area contributed by atoms with E-state index < -0.39 is 11.6 Å². The van der Waals surface area contributed by atoms with Gasteiger partial charge in [0, 0.05) is 0 Å². The van der Waals surface area contributed by atoms with Crippen molar-refractivity contribution < 1.29 is 24.2 Å². The van der Waals surface area contributed by atoms with Gasteiger partial charge in [0.05, 0.1) is 31.2 Å². The summed E-state index contributed by atoms with van der Waals surface area (Å²) in [5.41, 5.74) is -0.520. The number of carboxylic acids is 1. The number of amides is 1. The average molecular weight is 271 g/mol. The van der Waals surface area contributed by atoms with Crippen LogP contribution in [0.1, 0.15) is 33.6 Å². The lowest BCUT2D eigenvalue weighted by molar-refractivity contribution is -0.160. The monoisotopic (exact) mass is 271 g/mol. The Kier molecular flexibility index (Phi) is 3.71. The van der Waals surface area contributed by atoms with Gasteiger partial charge < -0.3 is 19.5 Å². The average Bonchev–Trinajstić information content (AvgIpc) is 2.25. The summed E-state index contributed by atoms with van der Waals surface area (Å²) in [6, 6.07) is 0. The molecule has 0 aromatic carbocycles. The number of fused-ring (bicyclic) bond motifs is 2. The molecule has 0 spiro atoms. The standard InChI is InChI=1S/C13H21NO5/c1-13(2,3)19-12(17)14-6-9-4-8(11(15)16)5-10(7-14)18-9/h8-10H,4-7H2,1-3H3,(H,15,16)/t8?,9-,10+. The fourth-order valence-corrected chi connectivity index (χ4v) is 2.59. The second-order valence-corrected chi connectivity index (χ2v) is 6.27. The Hall–Kier alpha value is -1.30. The SMILES string of the molecule is CC(C)(C)OC(=O)N1C[C@H]2CC(C(=O)O)C[C@@H](C1)O2. The largest absolute Gasteiger partial charge is 0.481 e. The molecule has 108 valence electrons. The first kappa shape index (κ1) is 14.1. The van der Waals surface area contributed by atoms with Crippen molar-refractivity contribution in [3.8, 4) is 0 Å². The van der Waals surface area contributed by atoms with E-state index in [0.29, 0.717) is 25.9 Å². The van der Waals surface area contributed by atoms with Gasteiger partial charge >= 0.3 is 12.1 Å². The topological polar surface area (TPSA) is 76.1 Å². The number of nitrogens with zero attached hydrogens (tertiary/aromatic N) is 1. The summed E-state index contributed by atoms with van der Waals surface area (Å²) in [5, 5.41) is 9.06. The Morgan fingerprint density at radius 3 is 2.16 bits per heavy atom. The van der Waals surface area contributed by atoms with Crippen LogP contribution in [0.2, 0.25) is 0 Å². The fourth-order valence-electron chi connectivity index (χ4n) is 2.59. The van der Waals surface area contributed by atoms with Crippen LogP contribution < -0.4 is 0 Å². The van der Waals surface area contributed by atoms with Gasteiger partial charge in [0.1, 0.15) is 5.60 Å². The molecular weight excluding hydrogens is 250 g/mol. The smallest absolute Gasteiger partial charge is 0.410 e. The predicted molar refractivity (Wildman–Crippen MR) is 66.8 cm³/mol. The second-order valence-electron chi connectivity index (χ2n) is 6.27. The summed E-state index contributed by atoms with van der Waals surface area (Å²) in [4.78, 5) is 24.6. The molecule has 2 aliphatic heterocycles. The molecule has 0 radical (unpaired) electrons. The number of morpholine rings is 1. The molecule has 1 amide bonds. The quantitative estimate of drug-likeness (QED) is 0.782. The molecule has 1 N–H and O–H groups in total. The summed E-state index contributed by atoms with van der Waals surface area (Å²) < 4.78 is 11.0. The van der Waals surface area contributed by atoms with Crippen LogP contribution >= 0.6 is 0 Å². The Morgan fingerprint density at radius 2 is 1.74 bits per heavy atom. The number of likely N-dealkylation sites (tertiary alicyclic amines) is 1. The maximum absolute atomic E-state index is 12.0. The van der Waals surface area contributed by atoms with Gasteiger partial charge in [-0.05, 0) is 33.6 Å². The first-order chi connectivity index (χ1) is 8.74. The number of carbonyl (C=O) groups is 2. The summed E-state index contributed by atoms with van der Waals surface area (Å²) in [6.45, 7) is 6.30. The van der Waals surface area contributed by atoms with Crippen LogP contribution in [0.25, 0.3) is 0 Å². The number of aliphatic carboxylic acids is 1. The lowest BCUT2D eigenvalue weighted by atomic mass is 9.89. The van der Waals surface area contributed by atoms with E-state index in [9.17, 15) is 9.59 Å². The van der Waals surface area contributed by atoms with Crippen molar-refractivity contribution in [3.05, 3.63) is 0 Å². The third kappa shape index (κ3) is 3.59. The van der Waals surface area contributed by atoms with E-state index in [1.807, 2.05) is 20.8 Å². The van der Waals surface area contributed by atoms with E-state index in [0.717, 1.165) is 0 Å². The molecule has 2 fully saturated rings. The van der Waals surface area contributed by atoms with E-state index in [1.54, 1.807) is 4.90 Å². The van der Waals surface area contributed by atoms with E-state index in [2.05, 4.69) is 0 Å². The van der Waals surface area contributed by atoms with Crippen LogP contribution in [-0.4, -0.2) is 53.0 Å². The van der Waals surface area contributed by atoms with E-state index in [-0.39, 0.29) is 24.2 Å². The molecule has 0 aromatic rings. The summed E-state index contributed by atoms with van der Waals surface area (Å²) in [5.74, 6) is -1.13. The molecule has 3 atom stereocenters. The number of hydrogen-bond acceptors (Lipinski definition) is 4. The molecule has 0 aromatic heterocycles. The number of carboxylic acid groups (broad SMARTS) is 1. The van der Waals surface area contributed by atoms with Crippen molar-refractivity contribution in [2.24, 2.45) is 5.92 Å². The lowest BCUT2D eigenvalue weighted by Crippen LogP contribution is -2.55. The lowest BCUT2D eigenvalue weighted by Gasteiger charge is -2.43. The van der Waals surface area contributed by atoms with Crippen molar-refractivity contribution in [1.82, 2.24) is 4.90 Å². The minimum atomic E-state index is -0.774. The molecule has 6 heteroatoms. The highest BCUT2D eigenvalue weighted by Gasteiger charge is 2.40. The molecular formula is C13H21NO5. The molecule has 2 bridgehead atoms. The predicted octanol–water partition coefficient (Wildman–Crippen LogP) is 1.49. The van der Waals surface area contributed by atoms with Gasteiger partial charge in [-0.25, -0.2) is 4.79 Å². The van der Waals surface area contributed by atoms with Crippen LogP contribution in [-0.2, 0) is 14.3 Å². The molecule has 0 aliphatic carbocycles. The maximum atomic E-state index is 12.0. The van der Waals surface area contributed by atoms with Crippen molar-refractivity contribution >= 4 is 12.1 Å². The Labute approximate surface area is 112 Å². The van der Waals surface area contributed by atoms with Gasteiger partial charge in [-0.1, -0.05) is 0 Å². The molecule has 2 heterocycles. The molecule has 19 heavy (non-hydrogen) atoms. The molecule has 1 unspecified atom stereocenters. The molecule has 6 nitrogen and oxygen atoms in total. The number of hydrogen-bond donors (Lipinski definition) is 1. The summed E-state index contributed by atoms with van der Waals surface area (Å²) in [6.07, 6.45) is 0.192. The minimum Gasteiger partial charge on any atom is -0.481 e. The molecule has 2 saturated heterocycles. The number of carbonyl (C=O) groups excluding carboxylic acids is 1. The van der Waals surface area contributed by atoms with Crippen LogP contribution in [0.3, 0.4) is 0 Å². The number of rotatable bonds is 1. The zero-order valence-electron chi connectivity index (χ0n) is 11.6. The Bertz CT molecular complexity index is 362. The van der Waals surface area contributed by atoms with Crippen LogP contribution in [0.15, 0.2) is 0 Å². The summed E-state index contributed by atoms with van der Waals surface area (Å²) >= 11 is 0. The van der Waals surface area contributed by atoms with Gasteiger partial charge in [0.15, 0.2) is 0 Å². The maximum Gasteiger partial charge on any atom is 0.410 e. The zero-order chi connectivity index (χ0) is 14.2. The highest BCUT2D eigenvalue weighted by atomic mass is 16.6. The molecule has 0 saturated carbocycles. The fraction of sp³-hybridized carbons (Fsp3) is 0.846. The minimum absolute atomic E-state index is 0.193. The molecule has 2 aliphatic rings. The Balaban J connectivity index is 1.95. The molecule has 2 rings (SSSR count).